The van der Waals surface area contributed by atoms with Crippen molar-refractivity contribution >= 4 is 0 Å². The summed E-state index contributed by atoms with van der Waals surface area (Å²) in [4.78, 5) is 0. The first-order chi connectivity index (χ1) is 13.6. The zero-order valence-corrected chi connectivity index (χ0v) is 16.9. The summed E-state index contributed by atoms with van der Waals surface area (Å²) in [5, 5.41) is 0. The first-order valence-corrected chi connectivity index (χ1v) is 10.1. The Morgan fingerprint density at radius 3 is 2.04 bits per heavy atom. The van der Waals surface area contributed by atoms with Crippen molar-refractivity contribution in [2.75, 3.05) is 20.3 Å². The van der Waals surface area contributed by atoms with Crippen LogP contribution in [0.15, 0.2) is 60.7 Å². The van der Waals surface area contributed by atoms with Crippen LogP contribution in [-0.4, -0.2) is 38.6 Å². The Morgan fingerprint density at radius 2 is 1.46 bits per heavy atom. The number of ether oxygens (including phenoxy) is 4. The molecule has 0 radical (unpaired) electrons. The van der Waals surface area contributed by atoms with Crippen molar-refractivity contribution in [2.45, 2.75) is 50.8 Å². The topological polar surface area (TPSA) is 36.9 Å². The molecule has 4 nitrogen and oxygen atoms in total. The summed E-state index contributed by atoms with van der Waals surface area (Å²) in [6.07, 6.45) is 0.387. The highest BCUT2D eigenvalue weighted by Crippen LogP contribution is 2.46. The maximum absolute atomic E-state index is 6.80. The van der Waals surface area contributed by atoms with Crippen LogP contribution in [-0.2, 0) is 18.9 Å². The van der Waals surface area contributed by atoms with Gasteiger partial charge in [0.2, 0.25) is 0 Å². The van der Waals surface area contributed by atoms with E-state index >= 15 is 0 Å². The smallest absolute Gasteiger partial charge is 0.113 e. The van der Waals surface area contributed by atoms with Crippen molar-refractivity contribution in [3.63, 3.8) is 0 Å². The van der Waals surface area contributed by atoms with Crippen LogP contribution in [0.4, 0.5) is 0 Å². The average molecular weight is 383 g/mol. The summed E-state index contributed by atoms with van der Waals surface area (Å²) < 4.78 is 25.2. The van der Waals surface area contributed by atoms with E-state index < -0.39 is 0 Å². The SMILES string of the molecule is COC1C[C@@H](C)O[C@H](c2ccccc2)[C@@H](c2ccccc2)OC2COC[C@]12C. The molecule has 0 aliphatic carbocycles. The zero-order chi connectivity index (χ0) is 19.6. The van der Waals surface area contributed by atoms with Gasteiger partial charge in [-0.1, -0.05) is 67.6 Å². The number of benzene rings is 2. The van der Waals surface area contributed by atoms with E-state index in [2.05, 4.69) is 62.4 Å². The quantitative estimate of drug-likeness (QED) is 0.770. The number of hydrogen-bond acceptors (Lipinski definition) is 4. The van der Waals surface area contributed by atoms with Crippen LogP contribution in [0.2, 0.25) is 0 Å². The standard InChI is InChI=1S/C24H30O4/c1-17-14-20(25-3)24(2)16-26-15-21(24)28-23(19-12-8-5-9-13-19)22(27-17)18-10-6-4-7-11-18/h4-13,17,20-23H,14-16H2,1-3H3/t17-,20?,21?,22-,23-,24-/m1/s1. The van der Waals surface area contributed by atoms with Gasteiger partial charge in [-0.05, 0) is 18.1 Å². The summed E-state index contributed by atoms with van der Waals surface area (Å²) in [6, 6.07) is 20.8. The van der Waals surface area contributed by atoms with Gasteiger partial charge in [0.15, 0.2) is 0 Å². The van der Waals surface area contributed by atoms with E-state index in [4.69, 9.17) is 18.9 Å². The van der Waals surface area contributed by atoms with Gasteiger partial charge in [0, 0.05) is 18.9 Å². The number of methoxy groups -OCH3 is 1. The molecule has 2 aliphatic rings. The Labute approximate surface area is 167 Å². The monoisotopic (exact) mass is 382 g/mol. The van der Waals surface area contributed by atoms with E-state index in [1.165, 1.54) is 0 Å². The van der Waals surface area contributed by atoms with E-state index in [-0.39, 0.29) is 35.9 Å². The highest BCUT2D eigenvalue weighted by atomic mass is 16.6. The van der Waals surface area contributed by atoms with E-state index in [0.717, 1.165) is 17.5 Å². The van der Waals surface area contributed by atoms with Gasteiger partial charge in [0.25, 0.3) is 0 Å². The van der Waals surface area contributed by atoms with Gasteiger partial charge in [0.1, 0.15) is 12.2 Å². The summed E-state index contributed by atoms with van der Waals surface area (Å²) in [5.74, 6) is 0. The molecule has 0 N–H and O–H groups in total. The van der Waals surface area contributed by atoms with Crippen LogP contribution >= 0.6 is 0 Å². The second kappa shape index (κ2) is 8.34. The predicted molar refractivity (Wildman–Crippen MR) is 108 cm³/mol. The lowest BCUT2D eigenvalue weighted by Gasteiger charge is -2.37. The molecule has 150 valence electrons. The third-order valence-corrected chi connectivity index (χ3v) is 6.20. The van der Waals surface area contributed by atoms with Crippen LogP contribution in [0.25, 0.3) is 0 Å². The summed E-state index contributed by atoms with van der Waals surface area (Å²) in [7, 11) is 1.78. The Hall–Kier alpha value is -1.72. The molecule has 6 atom stereocenters. The van der Waals surface area contributed by atoms with Crippen molar-refractivity contribution in [3.05, 3.63) is 71.8 Å². The van der Waals surface area contributed by atoms with Crippen molar-refractivity contribution < 1.29 is 18.9 Å². The van der Waals surface area contributed by atoms with Crippen LogP contribution < -0.4 is 0 Å². The van der Waals surface area contributed by atoms with Gasteiger partial charge in [-0.15, -0.1) is 0 Å². The Bertz CT molecular complexity index is 750. The molecule has 2 aromatic carbocycles. The lowest BCUT2D eigenvalue weighted by atomic mass is 9.78. The van der Waals surface area contributed by atoms with Gasteiger partial charge in [0.05, 0.1) is 31.5 Å². The molecule has 2 aliphatic heterocycles. The molecule has 4 rings (SSSR count). The number of rotatable bonds is 3. The molecule has 0 aromatic heterocycles. The number of hydrogen-bond donors (Lipinski definition) is 0. The Balaban J connectivity index is 1.78. The van der Waals surface area contributed by atoms with Crippen LogP contribution in [0, 0.1) is 5.41 Å². The molecule has 2 saturated heterocycles. The zero-order valence-electron chi connectivity index (χ0n) is 16.9. The van der Waals surface area contributed by atoms with Crippen LogP contribution in [0.5, 0.6) is 0 Å². The Kier molecular flexibility index (Phi) is 5.83. The van der Waals surface area contributed by atoms with E-state index in [9.17, 15) is 0 Å². The minimum atomic E-state index is -0.215. The van der Waals surface area contributed by atoms with Crippen LogP contribution in [0.3, 0.4) is 0 Å². The highest BCUT2D eigenvalue weighted by molar-refractivity contribution is 5.26. The first kappa shape index (κ1) is 19.6. The lowest BCUT2D eigenvalue weighted by molar-refractivity contribution is -0.135. The molecule has 0 saturated carbocycles. The van der Waals surface area contributed by atoms with E-state index in [1.807, 2.05) is 12.1 Å². The van der Waals surface area contributed by atoms with Gasteiger partial charge in [-0.25, -0.2) is 0 Å². The Morgan fingerprint density at radius 1 is 0.893 bits per heavy atom. The molecule has 2 fully saturated rings. The van der Waals surface area contributed by atoms with Gasteiger partial charge < -0.3 is 18.9 Å². The molecule has 2 unspecified atom stereocenters. The van der Waals surface area contributed by atoms with Crippen molar-refractivity contribution in [1.82, 2.24) is 0 Å². The fourth-order valence-electron chi connectivity index (χ4n) is 4.52. The first-order valence-electron chi connectivity index (χ1n) is 10.1. The minimum absolute atomic E-state index is 0.0148. The molecule has 2 heterocycles. The molecule has 28 heavy (non-hydrogen) atoms. The fraction of sp³-hybridized carbons (Fsp3) is 0.500. The van der Waals surface area contributed by atoms with Gasteiger partial charge >= 0.3 is 0 Å². The van der Waals surface area contributed by atoms with E-state index in [0.29, 0.717) is 13.2 Å². The normalized spacial score (nSPS) is 36.2. The summed E-state index contributed by atoms with van der Waals surface area (Å²) in [5.41, 5.74) is 2.04. The summed E-state index contributed by atoms with van der Waals surface area (Å²) >= 11 is 0. The third kappa shape index (κ3) is 3.74. The van der Waals surface area contributed by atoms with Crippen molar-refractivity contribution in [3.8, 4) is 0 Å². The molecular weight excluding hydrogens is 352 g/mol. The molecule has 0 spiro atoms. The minimum Gasteiger partial charge on any atom is -0.381 e. The van der Waals surface area contributed by atoms with E-state index in [1.54, 1.807) is 7.11 Å². The molecule has 2 aromatic rings. The van der Waals surface area contributed by atoms with Crippen molar-refractivity contribution in [2.24, 2.45) is 5.41 Å². The highest BCUT2D eigenvalue weighted by Gasteiger charge is 2.50. The summed E-state index contributed by atoms with van der Waals surface area (Å²) in [6.45, 7) is 5.57. The maximum atomic E-state index is 6.80. The number of fused-ring (bicyclic) bond motifs is 1. The second-order valence-corrected chi connectivity index (χ2v) is 8.21. The maximum Gasteiger partial charge on any atom is 0.113 e. The molecule has 4 heteroatoms. The van der Waals surface area contributed by atoms with Crippen LogP contribution in [0.1, 0.15) is 43.6 Å². The molecule has 0 amide bonds. The fourth-order valence-corrected chi connectivity index (χ4v) is 4.52. The van der Waals surface area contributed by atoms with Gasteiger partial charge in [-0.3, -0.25) is 0 Å². The second-order valence-electron chi connectivity index (χ2n) is 8.21. The predicted octanol–water partition coefficient (Wildman–Crippen LogP) is 4.71. The molecule has 0 bridgehead atoms. The largest absolute Gasteiger partial charge is 0.381 e. The average Bonchev–Trinajstić information content (AvgIpc) is 3.11. The third-order valence-electron chi connectivity index (χ3n) is 6.20. The van der Waals surface area contributed by atoms with Gasteiger partial charge in [-0.2, -0.15) is 0 Å². The molecular formula is C24H30O4. The lowest BCUT2D eigenvalue weighted by Crippen LogP contribution is -2.45. The van der Waals surface area contributed by atoms with Crippen molar-refractivity contribution in [1.29, 1.82) is 0 Å².